The van der Waals surface area contributed by atoms with Crippen molar-refractivity contribution in [3.8, 4) is 11.5 Å². The predicted molar refractivity (Wildman–Crippen MR) is 92.7 cm³/mol. The maximum atomic E-state index is 11.9. The van der Waals surface area contributed by atoms with Crippen LogP contribution in [0.15, 0.2) is 30.5 Å². The van der Waals surface area contributed by atoms with E-state index in [0.717, 1.165) is 17.1 Å². The van der Waals surface area contributed by atoms with E-state index in [9.17, 15) is 4.79 Å². The lowest BCUT2D eigenvalue weighted by Gasteiger charge is -2.13. The second-order valence-corrected chi connectivity index (χ2v) is 5.12. The van der Waals surface area contributed by atoms with E-state index in [0.29, 0.717) is 32.0 Å². The maximum Gasteiger partial charge on any atom is 0.320 e. The van der Waals surface area contributed by atoms with Crippen LogP contribution in [0.3, 0.4) is 0 Å². The number of amides is 2. The number of nitrogens with zero attached hydrogens (tertiary/aromatic N) is 2. The van der Waals surface area contributed by atoms with Crippen LogP contribution in [0.4, 0.5) is 10.6 Å². The first-order valence-corrected chi connectivity index (χ1v) is 8.05. The molecule has 1 heterocycles. The van der Waals surface area contributed by atoms with Crippen LogP contribution in [-0.4, -0.2) is 35.6 Å². The summed E-state index contributed by atoms with van der Waals surface area (Å²) in [5.41, 5.74) is 1.07. The van der Waals surface area contributed by atoms with Crippen LogP contribution in [0.25, 0.3) is 0 Å². The highest BCUT2D eigenvalue weighted by Crippen LogP contribution is 2.28. The highest BCUT2D eigenvalue weighted by atomic mass is 16.5. The van der Waals surface area contributed by atoms with Crippen molar-refractivity contribution in [3.05, 3.63) is 36.0 Å². The van der Waals surface area contributed by atoms with Crippen LogP contribution < -0.4 is 20.1 Å². The molecule has 0 aliphatic heterocycles. The molecule has 1 aromatic carbocycles. The number of hydrogen-bond acceptors (Lipinski definition) is 4. The van der Waals surface area contributed by atoms with E-state index in [1.807, 2.05) is 32.0 Å². The third kappa shape index (κ3) is 4.91. The van der Waals surface area contributed by atoms with Gasteiger partial charge in [-0.05, 0) is 38.0 Å². The van der Waals surface area contributed by atoms with E-state index in [-0.39, 0.29) is 6.03 Å². The molecule has 7 nitrogen and oxygen atoms in total. The van der Waals surface area contributed by atoms with Crippen molar-refractivity contribution in [1.29, 1.82) is 0 Å². The fraction of sp³-hybridized carbons (Fsp3) is 0.412. The number of aromatic nitrogens is 2. The first-order chi connectivity index (χ1) is 11.6. The van der Waals surface area contributed by atoms with Gasteiger partial charge in [0.05, 0.1) is 19.4 Å². The molecule has 0 saturated carbocycles. The molecule has 0 aliphatic carbocycles. The molecule has 2 amide bonds. The highest BCUT2D eigenvalue weighted by Gasteiger charge is 2.07. The van der Waals surface area contributed by atoms with Gasteiger partial charge in [-0.15, -0.1) is 0 Å². The Morgan fingerprint density at radius 1 is 1.17 bits per heavy atom. The summed E-state index contributed by atoms with van der Waals surface area (Å²) in [5, 5.41) is 9.56. The molecule has 0 saturated heterocycles. The smallest absolute Gasteiger partial charge is 0.320 e. The largest absolute Gasteiger partial charge is 0.490 e. The van der Waals surface area contributed by atoms with Gasteiger partial charge in [0.2, 0.25) is 0 Å². The molecule has 0 bridgehead atoms. The Bertz CT molecular complexity index is 670. The molecular weight excluding hydrogens is 308 g/mol. The van der Waals surface area contributed by atoms with Gasteiger partial charge in [0, 0.05) is 19.7 Å². The molecule has 0 radical (unpaired) electrons. The van der Waals surface area contributed by atoms with E-state index in [4.69, 9.17) is 9.47 Å². The van der Waals surface area contributed by atoms with E-state index in [1.54, 1.807) is 24.0 Å². The van der Waals surface area contributed by atoms with Gasteiger partial charge >= 0.3 is 6.03 Å². The van der Waals surface area contributed by atoms with Crippen molar-refractivity contribution in [2.75, 3.05) is 25.1 Å². The van der Waals surface area contributed by atoms with Gasteiger partial charge in [-0.3, -0.25) is 10.00 Å². The molecule has 2 aromatic rings. The zero-order chi connectivity index (χ0) is 17.4. The molecule has 130 valence electrons. The van der Waals surface area contributed by atoms with Gasteiger partial charge in [0.15, 0.2) is 11.5 Å². The highest BCUT2D eigenvalue weighted by molar-refractivity contribution is 5.88. The van der Waals surface area contributed by atoms with Crippen molar-refractivity contribution >= 4 is 11.8 Å². The summed E-state index contributed by atoms with van der Waals surface area (Å²) in [4.78, 5) is 11.9. The second-order valence-electron chi connectivity index (χ2n) is 5.12. The lowest BCUT2D eigenvalue weighted by molar-refractivity contribution is 0.252. The third-order valence-corrected chi connectivity index (χ3v) is 3.37. The minimum atomic E-state index is -0.255. The minimum absolute atomic E-state index is 0.255. The summed E-state index contributed by atoms with van der Waals surface area (Å²) >= 11 is 0. The Kier molecular flexibility index (Phi) is 6.48. The average molecular weight is 332 g/mol. The van der Waals surface area contributed by atoms with Crippen molar-refractivity contribution in [2.24, 2.45) is 7.05 Å². The van der Waals surface area contributed by atoms with Gasteiger partial charge < -0.3 is 14.8 Å². The first kappa shape index (κ1) is 17.7. The SMILES string of the molecule is CCOc1ccc(CCNC(=O)Nc2ccnn2C)cc1OCC. The molecule has 2 N–H and O–H groups in total. The van der Waals surface area contributed by atoms with Crippen LogP contribution in [0, 0.1) is 0 Å². The zero-order valence-electron chi connectivity index (χ0n) is 14.3. The molecular formula is C17H24N4O3. The first-order valence-electron chi connectivity index (χ1n) is 8.05. The Labute approximate surface area is 142 Å². The molecule has 2 rings (SSSR count). The Morgan fingerprint density at radius 2 is 1.92 bits per heavy atom. The monoisotopic (exact) mass is 332 g/mol. The van der Waals surface area contributed by atoms with Crippen LogP contribution in [-0.2, 0) is 13.5 Å². The van der Waals surface area contributed by atoms with E-state index >= 15 is 0 Å². The molecule has 0 aliphatic rings. The normalized spacial score (nSPS) is 10.3. The summed E-state index contributed by atoms with van der Waals surface area (Å²) in [5.74, 6) is 2.12. The van der Waals surface area contributed by atoms with Crippen molar-refractivity contribution in [3.63, 3.8) is 0 Å². The maximum absolute atomic E-state index is 11.9. The molecule has 0 unspecified atom stereocenters. The number of carbonyl (C=O) groups excluding carboxylic acids is 1. The van der Waals surface area contributed by atoms with Crippen molar-refractivity contribution < 1.29 is 14.3 Å². The van der Waals surface area contributed by atoms with Crippen molar-refractivity contribution in [1.82, 2.24) is 15.1 Å². The number of ether oxygens (including phenoxy) is 2. The van der Waals surface area contributed by atoms with Crippen molar-refractivity contribution in [2.45, 2.75) is 20.3 Å². The number of carbonyl (C=O) groups is 1. The molecule has 0 fully saturated rings. The zero-order valence-corrected chi connectivity index (χ0v) is 14.3. The summed E-state index contributed by atoms with van der Waals surface area (Å²) in [7, 11) is 1.77. The van der Waals surface area contributed by atoms with Gasteiger partial charge in [0.1, 0.15) is 5.82 Å². The minimum Gasteiger partial charge on any atom is -0.490 e. The summed E-state index contributed by atoms with van der Waals surface area (Å²) < 4.78 is 12.7. The molecule has 7 heteroatoms. The third-order valence-electron chi connectivity index (χ3n) is 3.37. The number of urea groups is 1. The fourth-order valence-corrected chi connectivity index (χ4v) is 2.23. The molecule has 24 heavy (non-hydrogen) atoms. The molecule has 0 spiro atoms. The number of anilines is 1. The summed E-state index contributed by atoms with van der Waals surface area (Å²) in [6.07, 6.45) is 2.33. The lowest BCUT2D eigenvalue weighted by Crippen LogP contribution is -2.31. The van der Waals surface area contributed by atoms with Crippen LogP contribution >= 0.6 is 0 Å². The Morgan fingerprint density at radius 3 is 2.58 bits per heavy atom. The summed E-state index contributed by atoms with van der Waals surface area (Å²) in [6, 6.07) is 7.32. The number of hydrogen-bond donors (Lipinski definition) is 2. The van der Waals surface area contributed by atoms with Crippen LogP contribution in [0.5, 0.6) is 11.5 Å². The lowest BCUT2D eigenvalue weighted by atomic mass is 10.1. The van der Waals surface area contributed by atoms with Gasteiger partial charge in [-0.1, -0.05) is 6.07 Å². The number of benzene rings is 1. The van der Waals surface area contributed by atoms with Crippen LogP contribution in [0.1, 0.15) is 19.4 Å². The fourth-order valence-electron chi connectivity index (χ4n) is 2.23. The Hall–Kier alpha value is -2.70. The average Bonchev–Trinajstić information content (AvgIpc) is 2.95. The Balaban J connectivity index is 1.86. The number of nitrogens with one attached hydrogen (secondary N) is 2. The van der Waals surface area contributed by atoms with Gasteiger partial charge in [-0.2, -0.15) is 5.10 Å². The van der Waals surface area contributed by atoms with Gasteiger partial charge in [-0.25, -0.2) is 4.79 Å². The number of rotatable bonds is 8. The topological polar surface area (TPSA) is 77.4 Å². The van der Waals surface area contributed by atoms with Gasteiger partial charge in [0.25, 0.3) is 0 Å². The number of aryl methyl sites for hydroxylation is 1. The second kappa shape index (κ2) is 8.81. The van der Waals surface area contributed by atoms with E-state index in [2.05, 4.69) is 15.7 Å². The summed E-state index contributed by atoms with van der Waals surface area (Å²) in [6.45, 7) is 5.56. The molecule has 1 aromatic heterocycles. The van der Waals surface area contributed by atoms with E-state index < -0.39 is 0 Å². The quantitative estimate of drug-likeness (QED) is 0.779. The van der Waals surface area contributed by atoms with Crippen LogP contribution in [0.2, 0.25) is 0 Å². The van der Waals surface area contributed by atoms with E-state index in [1.165, 1.54) is 0 Å². The predicted octanol–water partition coefficient (Wildman–Crippen LogP) is 2.58. The standard InChI is InChI=1S/C17H24N4O3/c1-4-23-14-7-6-13(12-15(14)24-5-2)8-10-18-17(22)20-16-9-11-19-21(16)3/h6-7,9,11-12H,4-5,8,10H2,1-3H3,(H2,18,20,22). The molecule has 0 atom stereocenters.